The number of carbonyl (C=O) groups is 1. The summed E-state index contributed by atoms with van der Waals surface area (Å²) >= 11 is 0. The van der Waals surface area contributed by atoms with E-state index in [1.165, 1.54) is 17.3 Å². The Kier molecular flexibility index (Phi) is 3.65. The van der Waals surface area contributed by atoms with Crippen molar-refractivity contribution in [2.24, 2.45) is 0 Å². The molecule has 4 aromatic heterocycles. The number of rotatable bonds is 4. The summed E-state index contributed by atoms with van der Waals surface area (Å²) in [5.74, 6) is 0.948. The lowest BCUT2D eigenvalue weighted by Crippen LogP contribution is -2.28. The van der Waals surface area contributed by atoms with Gasteiger partial charge in [-0.25, -0.2) is 14.6 Å². The highest BCUT2D eigenvalue weighted by Gasteiger charge is 2.17. The molecule has 124 valence electrons. The first kappa shape index (κ1) is 14.9. The molecule has 1 unspecified atom stereocenters. The number of fused-ring (bicyclic) bond motifs is 1. The maximum Gasteiger partial charge on any atom is 0.252 e. The van der Waals surface area contributed by atoms with Crippen molar-refractivity contribution in [3.63, 3.8) is 0 Å². The fourth-order valence-electron chi connectivity index (χ4n) is 2.51. The predicted octanol–water partition coefficient (Wildman–Crippen LogP) is 1.20. The smallest absolute Gasteiger partial charge is 0.252 e. The molecule has 0 aromatic carbocycles. The normalized spacial score (nSPS) is 12.2. The fourth-order valence-corrected chi connectivity index (χ4v) is 2.51. The summed E-state index contributed by atoms with van der Waals surface area (Å²) < 4.78 is 3.34. The van der Waals surface area contributed by atoms with Crippen LogP contribution in [0.1, 0.15) is 29.1 Å². The van der Waals surface area contributed by atoms with Crippen LogP contribution in [0.25, 0.3) is 11.5 Å². The number of carbonyl (C=O) groups excluding carboxylic acids is 1. The van der Waals surface area contributed by atoms with Gasteiger partial charge in [-0.3, -0.25) is 9.20 Å². The van der Waals surface area contributed by atoms with Gasteiger partial charge in [-0.2, -0.15) is 5.10 Å². The van der Waals surface area contributed by atoms with E-state index >= 15 is 0 Å². The highest BCUT2D eigenvalue weighted by molar-refractivity contribution is 5.94. The summed E-state index contributed by atoms with van der Waals surface area (Å²) in [7, 11) is 0. The van der Waals surface area contributed by atoms with Gasteiger partial charge in [0.05, 0.1) is 6.04 Å². The van der Waals surface area contributed by atoms with Gasteiger partial charge in [0, 0.05) is 18.0 Å². The predicted molar refractivity (Wildman–Crippen MR) is 88.0 cm³/mol. The maximum atomic E-state index is 12.6. The Balaban J connectivity index is 1.57. The average molecular weight is 334 g/mol. The molecule has 0 aliphatic rings. The molecule has 0 bridgehead atoms. The van der Waals surface area contributed by atoms with Crippen molar-refractivity contribution >= 4 is 11.6 Å². The van der Waals surface area contributed by atoms with Gasteiger partial charge in [-0.15, -0.1) is 10.2 Å². The lowest BCUT2D eigenvalue weighted by molar-refractivity contribution is 0.0938. The molecule has 0 saturated carbocycles. The van der Waals surface area contributed by atoms with Crippen molar-refractivity contribution in [3.05, 3.63) is 66.8 Å². The number of hydrogen-bond acceptors (Lipinski definition) is 6. The lowest BCUT2D eigenvalue weighted by atomic mass is 10.2. The zero-order valence-corrected chi connectivity index (χ0v) is 13.3. The summed E-state index contributed by atoms with van der Waals surface area (Å²) in [5.41, 5.74) is 1.21. The van der Waals surface area contributed by atoms with Crippen molar-refractivity contribution in [2.75, 3.05) is 0 Å². The summed E-state index contributed by atoms with van der Waals surface area (Å²) in [5, 5.41) is 15.2. The minimum atomic E-state index is -0.312. The third-order valence-electron chi connectivity index (χ3n) is 3.74. The van der Waals surface area contributed by atoms with Gasteiger partial charge in [0.15, 0.2) is 17.3 Å². The van der Waals surface area contributed by atoms with Crippen LogP contribution < -0.4 is 5.32 Å². The molecule has 0 aliphatic heterocycles. The molecular formula is C16H14N8O. The van der Waals surface area contributed by atoms with Crippen LogP contribution in [0.4, 0.5) is 0 Å². The Hall–Kier alpha value is -3.62. The minimum Gasteiger partial charge on any atom is -0.342 e. The first-order valence-electron chi connectivity index (χ1n) is 7.64. The number of nitrogens with zero attached hydrogens (tertiary/aromatic N) is 7. The van der Waals surface area contributed by atoms with E-state index in [1.54, 1.807) is 18.3 Å². The van der Waals surface area contributed by atoms with Gasteiger partial charge in [-0.1, -0.05) is 6.07 Å². The minimum absolute atomic E-state index is 0.232. The Morgan fingerprint density at radius 1 is 1.24 bits per heavy atom. The van der Waals surface area contributed by atoms with Crippen LogP contribution in [-0.2, 0) is 0 Å². The average Bonchev–Trinajstić information content (AvgIpc) is 3.31. The van der Waals surface area contributed by atoms with E-state index in [4.69, 9.17) is 0 Å². The second-order valence-corrected chi connectivity index (χ2v) is 5.42. The first-order valence-corrected chi connectivity index (χ1v) is 7.64. The van der Waals surface area contributed by atoms with Crippen LogP contribution in [0.3, 0.4) is 0 Å². The number of amides is 1. The zero-order valence-electron chi connectivity index (χ0n) is 13.3. The molecule has 0 spiro atoms. The SMILES string of the molecule is CC(NC(=O)c1ccnc(-n2cncn2)c1)c1nnc2ccccn12. The molecule has 0 fully saturated rings. The second kappa shape index (κ2) is 6.11. The van der Waals surface area contributed by atoms with Gasteiger partial charge in [0.2, 0.25) is 0 Å². The monoisotopic (exact) mass is 334 g/mol. The van der Waals surface area contributed by atoms with Gasteiger partial charge < -0.3 is 5.32 Å². The van der Waals surface area contributed by atoms with E-state index in [9.17, 15) is 4.79 Å². The third kappa shape index (κ3) is 2.82. The first-order chi connectivity index (χ1) is 12.2. The molecule has 25 heavy (non-hydrogen) atoms. The van der Waals surface area contributed by atoms with Crippen LogP contribution in [0.15, 0.2) is 55.4 Å². The van der Waals surface area contributed by atoms with E-state index in [0.29, 0.717) is 17.2 Å². The molecule has 0 aliphatic carbocycles. The molecule has 4 rings (SSSR count). The van der Waals surface area contributed by atoms with Crippen LogP contribution in [0.2, 0.25) is 0 Å². The second-order valence-electron chi connectivity index (χ2n) is 5.42. The van der Waals surface area contributed by atoms with Crippen molar-refractivity contribution < 1.29 is 4.79 Å². The fraction of sp³-hybridized carbons (Fsp3) is 0.125. The van der Waals surface area contributed by atoms with E-state index in [0.717, 1.165) is 5.65 Å². The molecule has 9 heteroatoms. The Bertz CT molecular complexity index is 1020. The number of nitrogens with one attached hydrogen (secondary N) is 1. The molecule has 0 saturated heterocycles. The van der Waals surface area contributed by atoms with Crippen molar-refractivity contribution in [2.45, 2.75) is 13.0 Å². The van der Waals surface area contributed by atoms with E-state index < -0.39 is 0 Å². The van der Waals surface area contributed by atoms with Crippen LogP contribution in [-0.4, -0.2) is 40.3 Å². The Morgan fingerprint density at radius 2 is 2.16 bits per heavy atom. The van der Waals surface area contributed by atoms with Crippen molar-refractivity contribution in [1.29, 1.82) is 0 Å². The molecule has 0 radical (unpaired) electrons. The largest absolute Gasteiger partial charge is 0.342 e. The van der Waals surface area contributed by atoms with Crippen molar-refractivity contribution in [3.8, 4) is 5.82 Å². The Morgan fingerprint density at radius 3 is 3.00 bits per heavy atom. The van der Waals surface area contributed by atoms with Crippen LogP contribution in [0, 0.1) is 0 Å². The molecule has 4 heterocycles. The van der Waals surface area contributed by atoms with E-state index in [2.05, 4.69) is 30.6 Å². The molecular weight excluding hydrogens is 320 g/mol. The van der Waals surface area contributed by atoms with Crippen molar-refractivity contribution in [1.82, 2.24) is 39.7 Å². The van der Waals surface area contributed by atoms with Gasteiger partial charge >= 0.3 is 0 Å². The Labute approximate surface area is 142 Å². The third-order valence-corrected chi connectivity index (χ3v) is 3.74. The molecule has 1 atom stereocenters. The van der Waals surface area contributed by atoms with E-state index in [1.807, 2.05) is 35.7 Å². The summed E-state index contributed by atoms with van der Waals surface area (Å²) in [6.07, 6.45) is 6.35. The number of pyridine rings is 2. The van der Waals surface area contributed by atoms with Crippen LogP contribution in [0.5, 0.6) is 0 Å². The molecule has 1 N–H and O–H groups in total. The van der Waals surface area contributed by atoms with Gasteiger partial charge in [0.25, 0.3) is 5.91 Å². The molecule has 9 nitrogen and oxygen atoms in total. The number of hydrogen-bond donors (Lipinski definition) is 1. The number of aromatic nitrogens is 7. The standard InChI is InChI=1S/C16H14N8O/c1-11(15-22-21-13-4-2-3-7-23(13)15)20-16(25)12-5-6-18-14(8-12)24-10-17-9-19-24/h2-11H,1H3,(H,20,25). The topological polar surface area (TPSA) is 103 Å². The molecule has 4 aromatic rings. The van der Waals surface area contributed by atoms with Crippen LogP contribution >= 0.6 is 0 Å². The summed E-state index contributed by atoms with van der Waals surface area (Å²) in [6, 6.07) is 8.62. The van der Waals surface area contributed by atoms with Gasteiger partial charge in [-0.05, 0) is 31.2 Å². The summed E-state index contributed by atoms with van der Waals surface area (Å²) in [6.45, 7) is 1.86. The highest BCUT2D eigenvalue weighted by Crippen LogP contribution is 2.13. The lowest BCUT2D eigenvalue weighted by Gasteiger charge is -2.12. The summed E-state index contributed by atoms with van der Waals surface area (Å²) in [4.78, 5) is 20.6. The molecule has 1 amide bonds. The van der Waals surface area contributed by atoms with Gasteiger partial charge in [0.1, 0.15) is 12.7 Å². The highest BCUT2D eigenvalue weighted by atomic mass is 16.1. The van der Waals surface area contributed by atoms with E-state index in [-0.39, 0.29) is 11.9 Å². The maximum absolute atomic E-state index is 12.6. The zero-order chi connectivity index (χ0) is 17.2. The quantitative estimate of drug-likeness (QED) is 0.601.